The normalized spacial score (nSPS) is 28.5. The maximum Gasteiger partial charge on any atom is 0.327 e. The average molecular weight is 271 g/mol. The van der Waals surface area contributed by atoms with Crippen LogP contribution in [0.25, 0.3) is 0 Å². The molecule has 1 heterocycles. The molecule has 1 saturated carbocycles. The second-order valence-corrected chi connectivity index (χ2v) is 7.01. The number of carbonyl (C=O) groups excluding carboxylic acids is 1. The van der Waals surface area contributed by atoms with Crippen LogP contribution in [0, 0.1) is 11.3 Å². The number of nitrogens with zero attached hydrogens (tertiary/aromatic N) is 1. The van der Waals surface area contributed by atoms with E-state index >= 15 is 0 Å². The smallest absolute Gasteiger partial charge is 0.327 e. The van der Waals surface area contributed by atoms with Crippen LogP contribution in [0.15, 0.2) is 0 Å². The number of thioether (sulfide) groups is 1. The molecular weight excluding hydrogens is 250 g/mol. The number of carboxylic acid groups (broad SMARTS) is 1. The summed E-state index contributed by atoms with van der Waals surface area (Å²) < 4.78 is 0. The highest BCUT2D eigenvalue weighted by atomic mass is 32.2. The average Bonchev–Trinajstić information content (AvgIpc) is 3.06. The van der Waals surface area contributed by atoms with Gasteiger partial charge < -0.3 is 10.0 Å². The lowest BCUT2D eigenvalue weighted by atomic mass is 9.88. The molecule has 18 heavy (non-hydrogen) atoms. The van der Waals surface area contributed by atoms with Gasteiger partial charge in [0.1, 0.15) is 6.04 Å². The molecule has 1 aliphatic heterocycles. The molecule has 0 bridgehead atoms. The van der Waals surface area contributed by atoms with Crippen LogP contribution < -0.4 is 0 Å². The largest absolute Gasteiger partial charge is 0.480 e. The molecule has 2 unspecified atom stereocenters. The molecule has 5 heteroatoms. The van der Waals surface area contributed by atoms with E-state index in [1.54, 1.807) is 16.7 Å². The molecule has 1 amide bonds. The lowest BCUT2D eigenvalue weighted by molar-refractivity contribution is -0.153. The Morgan fingerprint density at radius 3 is 2.44 bits per heavy atom. The minimum absolute atomic E-state index is 0.000648. The molecular formula is C13H21NO3S. The number of rotatable bonds is 4. The van der Waals surface area contributed by atoms with Gasteiger partial charge >= 0.3 is 5.97 Å². The zero-order valence-electron chi connectivity index (χ0n) is 11.2. The van der Waals surface area contributed by atoms with Crippen molar-refractivity contribution in [3.05, 3.63) is 0 Å². The molecule has 1 saturated heterocycles. The Labute approximate surface area is 112 Å². The number of carboxylic acids is 1. The van der Waals surface area contributed by atoms with E-state index in [9.17, 15) is 14.7 Å². The molecule has 4 nitrogen and oxygen atoms in total. The zero-order chi connectivity index (χ0) is 13.5. The standard InChI is InChI=1S/C13H21NO3S/c1-4-13(2,3)12(17)14-9(11(15)16)7-18-10(14)8-5-6-8/h8-10H,4-7H2,1-3H3,(H,15,16). The van der Waals surface area contributed by atoms with E-state index < -0.39 is 17.4 Å². The number of hydrogen-bond acceptors (Lipinski definition) is 3. The second kappa shape index (κ2) is 4.76. The van der Waals surface area contributed by atoms with Crippen LogP contribution in [0.2, 0.25) is 0 Å². The third kappa shape index (κ3) is 2.37. The van der Waals surface area contributed by atoms with Crippen molar-refractivity contribution in [2.24, 2.45) is 11.3 Å². The van der Waals surface area contributed by atoms with Gasteiger partial charge in [-0.2, -0.15) is 0 Å². The first-order chi connectivity index (χ1) is 8.38. The van der Waals surface area contributed by atoms with Crippen LogP contribution in [0.4, 0.5) is 0 Å². The molecule has 0 aromatic rings. The lowest BCUT2D eigenvalue weighted by Gasteiger charge is -2.34. The van der Waals surface area contributed by atoms with E-state index in [0.717, 1.165) is 19.3 Å². The van der Waals surface area contributed by atoms with Gasteiger partial charge in [0.15, 0.2) is 0 Å². The maximum atomic E-state index is 12.6. The summed E-state index contributed by atoms with van der Waals surface area (Å²) in [5.41, 5.74) is -0.467. The summed E-state index contributed by atoms with van der Waals surface area (Å²) in [6, 6.07) is -0.640. The number of hydrogen-bond donors (Lipinski definition) is 1. The summed E-state index contributed by atoms with van der Waals surface area (Å²) in [5, 5.41) is 9.37. The highest BCUT2D eigenvalue weighted by molar-refractivity contribution is 8.00. The van der Waals surface area contributed by atoms with Gasteiger partial charge in [-0.1, -0.05) is 20.8 Å². The number of aliphatic carboxylic acids is 1. The summed E-state index contributed by atoms with van der Waals surface area (Å²) in [7, 11) is 0. The Balaban J connectivity index is 2.23. The van der Waals surface area contributed by atoms with Crippen molar-refractivity contribution < 1.29 is 14.7 Å². The first kappa shape index (κ1) is 13.7. The molecule has 2 rings (SSSR count). The molecule has 1 N–H and O–H groups in total. The summed E-state index contributed by atoms with van der Waals surface area (Å²) in [6.45, 7) is 5.78. The summed E-state index contributed by atoms with van der Waals surface area (Å²) >= 11 is 1.64. The maximum absolute atomic E-state index is 12.6. The van der Waals surface area contributed by atoms with Crippen molar-refractivity contribution in [1.29, 1.82) is 0 Å². The minimum Gasteiger partial charge on any atom is -0.480 e. The molecule has 0 radical (unpaired) electrons. The van der Waals surface area contributed by atoms with Gasteiger partial charge in [-0.3, -0.25) is 4.79 Å². The van der Waals surface area contributed by atoms with E-state index in [2.05, 4.69) is 0 Å². The Bertz CT molecular complexity index is 365. The van der Waals surface area contributed by atoms with Crippen LogP contribution in [0.3, 0.4) is 0 Å². The van der Waals surface area contributed by atoms with Gasteiger partial charge in [0.05, 0.1) is 5.37 Å². The van der Waals surface area contributed by atoms with Gasteiger partial charge in [-0.15, -0.1) is 11.8 Å². The van der Waals surface area contributed by atoms with Crippen LogP contribution >= 0.6 is 11.8 Å². The van der Waals surface area contributed by atoms with Crippen LogP contribution in [-0.2, 0) is 9.59 Å². The third-order valence-corrected chi connectivity index (χ3v) is 5.50. The van der Waals surface area contributed by atoms with E-state index in [4.69, 9.17) is 0 Å². The van der Waals surface area contributed by atoms with Gasteiger partial charge in [0.2, 0.25) is 5.91 Å². The molecule has 0 aromatic heterocycles. The van der Waals surface area contributed by atoms with Crippen molar-refractivity contribution >= 4 is 23.6 Å². The van der Waals surface area contributed by atoms with E-state index in [1.165, 1.54) is 0 Å². The zero-order valence-corrected chi connectivity index (χ0v) is 12.0. The third-order valence-electron chi connectivity index (χ3n) is 4.04. The topological polar surface area (TPSA) is 57.6 Å². The number of amides is 1. The summed E-state index contributed by atoms with van der Waals surface area (Å²) in [6.07, 6.45) is 2.98. The van der Waals surface area contributed by atoms with Crippen LogP contribution in [0.5, 0.6) is 0 Å². The van der Waals surface area contributed by atoms with Crippen molar-refractivity contribution in [1.82, 2.24) is 4.90 Å². The van der Waals surface area contributed by atoms with Crippen molar-refractivity contribution in [3.63, 3.8) is 0 Å². The van der Waals surface area contributed by atoms with E-state index in [0.29, 0.717) is 11.7 Å². The van der Waals surface area contributed by atoms with Gasteiger partial charge in [-0.25, -0.2) is 4.79 Å². The van der Waals surface area contributed by atoms with Gasteiger partial charge in [0, 0.05) is 11.2 Å². The fourth-order valence-corrected chi connectivity index (χ4v) is 3.85. The fourth-order valence-electron chi connectivity index (χ4n) is 2.22. The Morgan fingerprint density at radius 1 is 1.39 bits per heavy atom. The molecule has 0 spiro atoms. The minimum atomic E-state index is -0.870. The predicted octanol–water partition coefficient (Wildman–Crippen LogP) is 2.19. The monoisotopic (exact) mass is 271 g/mol. The Morgan fingerprint density at radius 2 is 2.00 bits per heavy atom. The molecule has 2 aliphatic rings. The molecule has 102 valence electrons. The first-order valence-electron chi connectivity index (χ1n) is 6.55. The SMILES string of the molecule is CCC(C)(C)C(=O)N1C(C(=O)O)CSC1C1CC1. The van der Waals surface area contributed by atoms with Gasteiger partial charge in [0.25, 0.3) is 0 Å². The van der Waals surface area contributed by atoms with Crippen LogP contribution in [0.1, 0.15) is 40.0 Å². The van der Waals surface area contributed by atoms with Crippen LogP contribution in [-0.4, -0.2) is 39.1 Å². The van der Waals surface area contributed by atoms with Gasteiger partial charge in [-0.05, 0) is 25.2 Å². The summed E-state index contributed by atoms with van der Waals surface area (Å²) in [4.78, 5) is 25.6. The lowest BCUT2D eigenvalue weighted by Crippen LogP contribution is -2.51. The second-order valence-electron chi connectivity index (χ2n) is 5.87. The first-order valence-corrected chi connectivity index (χ1v) is 7.60. The van der Waals surface area contributed by atoms with Crippen molar-refractivity contribution in [2.45, 2.75) is 51.4 Å². The van der Waals surface area contributed by atoms with E-state index in [1.807, 2.05) is 20.8 Å². The fraction of sp³-hybridized carbons (Fsp3) is 0.846. The van der Waals surface area contributed by atoms with E-state index in [-0.39, 0.29) is 11.3 Å². The Kier molecular flexibility index (Phi) is 3.63. The summed E-state index contributed by atoms with van der Waals surface area (Å²) in [5.74, 6) is 0.170. The molecule has 1 aliphatic carbocycles. The van der Waals surface area contributed by atoms with Crippen molar-refractivity contribution in [3.8, 4) is 0 Å². The van der Waals surface area contributed by atoms with Crippen molar-refractivity contribution in [2.75, 3.05) is 5.75 Å². The Hall–Kier alpha value is -0.710. The highest BCUT2D eigenvalue weighted by Crippen LogP contribution is 2.46. The molecule has 0 aromatic carbocycles. The quantitative estimate of drug-likeness (QED) is 0.851. The number of carbonyl (C=O) groups is 2. The highest BCUT2D eigenvalue weighted by Gasteiger charge is 2.50. The molecule has 2 atom stereocenters. The molecule has 2 fully saturated rings. The predicted molar refractivity (Wildman–Crippen MR) is 71.3 cm³/mol.